The van der Waals surface area contributed by atoms with E-state index in [0.29, 0.717) is 36.5 Å². The molecule has 96 valence electrons. The Bertz CT molecular complexity index is 476. The summed E-state index contributed by atoms with van der Waals surface area (Å²) in [6.07, 6.45) is 1.67. The van der Waals surface area contributed by atoms with Crippen molar-refractivity contribution in [1.29, 1.82) is 5.26 Å². The van der Waals surface area contributed by atoms with Crippen LogP contribution in [0.2, 0.25) is 0 Å². The van der Waals surface area contributed by atoms with Gasteiger partial charge in [-0.15, -0.1) is 0 Å². The Morgan fingerprint density at radius 1 is 1.44 bits per heavy atom. The molecule has 3 nitrogen and oxygen atoms in total. The smallest absolute Gasteiger partial charge is 0.256 e. The maximum Gasteiger partial charge on any atom is 0.256 e. The Labute approximate surface area is 109 Å². The molecule has 0 aliphatic carbocycles. The van der Waals surface area contributed by atoms with Gasteiger partial charge in [0.1, 0.15) is 0 Å². The third kappa shape index (κ3) is 3.57. The molecular formula is C14H18NO2P. The molecule has 0 aliphatic rings. The Hall–Kier alpha value is -1.36. The van der Waals surface area contributed by atoms with Crippen LogP contribution in [0.5, 0.6) is 0 Å². The fraction of sp³-hybridized carbons (Fsp3) is 0.357. The van der Waals surface area contributed by atoms with E-state index in [4.69, 9.17) is 9.79 Å². The molecule has 0 spiro atoms. The maximum absolute atomic E-state index is 12.9. The molecule has 4 heteroatoms. The number of hydrogen-bond donors (Lipinski definition) is 0. The first-order chi connectivity index (χ1) is 8.65. The zero-order valence-corrected chi connectivity index (χ0v) is 11.5. The van der Waals surface area contributed by atoms with Crippen LogP contribution in [0, 0.1) is 11.3 Å². The molecule has 1 atom stereocenters. The van der Waals surface area contributed by atoms with Crippen molar-refractivity contribution < 1.29 is 9.09 Å². The number of rotatable bonds is 7. The molecule has 0 saturated heterocycles. The molecule has 0 radical (unpaired) electrons. The second-order valence-corrected chi connectivity index (χ2v) is 6.39. The van der Waals surface area contributed by atoms with Gasteiger partial charge in [0.2, 0.25) is 0 Å². The van der Waals surface area contributed by atoms with E-state index in [0.717, 1.165) is 0 Å². The fourth-order valence-electron chi connectivity index (χ4n) is 1.67. The lowest BCUT2D eigenvalue weighted by Crippen LogP contribution is -2.08. The van der Waals surface area contributed by atoms with Crippen molar-refractivity contribution >= 4 is 12.7 Å². The monoisotopic (exact) mass is 263 g/mol. The SMILES string of the molecule is C=C(CCCC#N)P(=O)(OCC)c1ccccc1. The predicted octanol–water partition coefficient (Wildman–Crippen LogP) is 3.83. The van der Waals surface area contributed by atoms with Gasteiger partial charge in [0.15, 0.2) is 0 Å². The summed E-state index contributed by atoms with van der Waals surface area (Å²) < 4.78 is 18.4. The van der Waals surface area contributed by atoms with Crippen LogP contribution in [0.3, 0.4) is 0 Å². The zero-order chi connectivity index (χ0) is 13.4. The molecule has 0 N–H and O–H groups in total. The van der Waals surface area contributed by atoms with E-state index in [1.165, 1.54) is 0 Å². The average Bonchev–Trinajstić information content (AvgIpc) is 2.40. The fourth-order valence-corrected chi connectivity index (χ4v) is 3.75. The van der Waals surface area contributed by atoms with E-state index in [1.807, 2.05) is 25.1 Å². The first-order valence-electron chi connectivity index (χ1n) is 6.00. The first kappa shape index (κ1) is 14.7. The minimum absolute atomic E-state index is 0.378. The van der Waals surface area contributed by atoms with Crippen LogP contribution >= 0.6 is 7.37 Å². The molecule has 0 amide bonds. The van der Waals surface area contributed by atoms with Gasteiger partial charge in [-0.25, -0.2) is 0 Å². The quantitative estimate of drug-likeness (QED) is 0.554. The van der Waals surface area contributed by atoms with Crippen LogP contribution in [-0.2, 0) is 9.09 Å². The highest BCUT2D eigenvalue weighted by atomic mass is 31.2. The lowest BCUT2D eigenvalue weighted by molar-refractivity contribution is 0.344. The number of benzene rings is 1. The van der Waals surface area contributed by atoms with Gasteiger partial charge in [0.25, 0.3) is 7.37 Å². The van der Waals surface area contributed by atoms with Gasteiger partial charge in [-0.05, 0) is 31.9 Å². The molecule has 1 unspecified atom stereocenters. The lowest BCUT2D eigenvalue weighted by atomic mass is 10.2. The van der Waals surface area contributed by atoms with Crippen LogP contribution in [0.1, 0.15) is 26.2 Å². The molecule has 0 bridgehead atoms. The van der Waals surface area contributed by atoms with E-state index < -0.39 is 7.37 Å². The molecule has 1 aromatic carbocycles. The van der Waals surface area contributed by atoms with Crippen LogP contribution < -0.4 is 5.30 Å². The number of nitriles is 1. The van der Waals surface area contributed by atoms with Gasteiger partial charge in [-0.2, -0.15) is 5.26 Å². The molecule has 1 aromatic rings. The number of allylic oxidation sites excluding steroid dienone is 1. The molecule has 0 fully saturated rings. The van der Waals surface area contributed by atoms with Crippen molar-refractivity contribution in [3.05, 3.63) is 42.2 Å². The third-order valence-corrected chi connectivity index (χ3v) is 5.23. The molecule has 0 saturated carbocycles. The summed E-state index contributed by atoms with van der Waals surface area (Å²) in [7, 11) is -3.01. The minimum Gasteiger partial charge on any atom is -0.323 e. The van der Waals surface area contributed by atoms with Gasteiger partial charge in [-0.3, -0.25) is 4.57 Å². The summed E-state index contributed by atoms with van der Waals surface area (Å²) in [4.78, 5) is 0. The van der Waals surface area contributed by atoms with Crippen LogP contribution in [0.4, 0.5) is 0 Å². The molecular weight excluding hydrogens is 245 g/mol. The summed E-state index contributed by atoms with van der Waals surface area (Å²) in [6.45, 7) is 6.09. The number of hydrogen-bond acceptors (Lipinski definition) is 3. The molecule has 0 heterocycles. The van der Waals surface area contributed by atoms with Gasteiger partial charge in [0, 0.05) is 17.0 Å². The van der Waals surface area contributed by atoms with Crippen molar-refractivity contribution in [2.24, 2.45) is 0 Å². The normalized spacial score (nSPS) is 13.6. The first-order valence-corrected chi connectivity index (χ1v) is 7.63. The van der Waals surface area contributed by atoms with Crippen LogP contribution in [0.15, 0.2) is 42.2 Å². The molecule has 18 heavy (non-hydrogen) atoms. The van der Waals surface area contributed by atoms with E-state index in [2.05, 4.69) is 12.6 Å². The second-order valence-electron chi connectivity index (χ2n) is 3.88. The van der Waals surface area contributed by atoms with Gasteiger partial charge < -0.3 is 4.52 Å². The largest absolute Gasteiger partial charge is 0.323 e. The van der Waals surface area contributed by atoms with E-state index in [9.17, 15) is 4.57 Å². The van der Waals surface area contributed by atoms with Crippen molar-refractivity contribution in [1.82, 2.24) is 0 Å². The highest BCUT2D eigenvalue weighted by Crippen LogP contribution is 2.54. The van der Waals surface area contributed by atoms with Gasteiger partial charge in [-0.1, -0.05) is 24.8 Å². The highest BCUT2D eigenvalue weighted by molar-refractivity contribution is 7.71. The molecule has 0 aliphatic heterocycles. The van der Waals surface area contributed by atoms with Crippen molar-refractivity contribution in [3.63, 3.8) is 0 Å². The van der Waals surface area contributed by atoms with Crippen molar-refractivity contribution in [3.8, 4) is 6.07 Å². The summed E-state index contributed by atoms with van der Waals surface area (Å²) in [6, 6.07) is 11.2. The zero-order valence-electron chi connectivity index (χ0n) is 10.6. The summed E-state index contributed by atoms with van der Waals surface area (Å²) in [5.41, 5.74) is 0. The lowest BCUT2D eigenvalue weighted by Gasteiger charge is -2.20. The highest BCUT2D eigenvalue weighted by Gasteiger charge is 2.28. The number of unbranched alkanes of at least 4 members (excludes halogenated alkanes) is 1. The topological polar surface area (TPSA) is 50.1 Å². The Morgan fingerprint density at radius 3 is 2.67 bits per heavy atom. The second kappa shape index (κ2) is 7.16. The predicted molar refractivity (Wildman–Crippen MR) is 73.9 cm³/mol. The molecule has 1 rings (SSSR count). The Balaban J connectivity index is 2.91. The van der Waals surface area contributed by atoms with E-state index in [1.54, 1.807) is 12.1 Å². The Morgan fingerprint density at radius 2 is 2.11 bits per heavy atom. The van der Waals surface area contributed by atoms with Crippen LogP contribution in [0.25, 0.3) is 0 Å². The average molecular weight is 263 g/mol. The van der Waals surface area contributed by atoms with Gasteiger partial charge >= 0.3 is 0 Å². The van der Waals surface area contributed by atoms with E-state index in [-0.39, 0.29) is 0 Å². The summed E-state index contributed by atoms with van der Waals surface area (Å²) in [5, 5.41) is 9.79. The van der Waals surface area contributed by atoms with Gasteiger partial charge in [0.05, 0.1) is 12.7 Å². The third-order valence-electron chi connectivity index (χ3n) is 2.58. The number of nitrogens with zero attached hydrogens (tertiary/aromatic N) is 1. The standard InChI is InChI=1S/C14H18NO2P/c1-3-17-18(16,13(2)9-7-8-12-15)14-10-5-4-6-11-14/h4-6,10-11H,2-3,7-9H2,1H3. The minimum atomic E-state index is -3.01. The van der Waals surface area contributed by atoms with Crippen LogP contribution in [-0.4, -0.2) is 6.61 Å². The Kier molecular flexibility index (Phi) is 5.85. The summed E-state index contributed by atoms with van der Waals surface area (Å²) >= 11 is 0. The molecule has 0 aromatic heterocycles. The maximum atomic E-state index is 12.9. The van der Waals surface area contributed by atoms with Crippen molar-refractivity contribution in [2.45, 2.75) is 26.2 Å². The van der Waals surface area contributed by atoms with Crippen molar-refractivity contribution in [2.75, 3.05) is 6.61 Å². The van der Waals surface area contributed by atoms with E-state index >= 15 is 0 Å². The summed E-state index contributed by atoms with van der Waals surface area (Å²) in [5.74, 6) is 0.